The van der Waals surface area contributed by atoms with Crippen LogP contribution < -0.4 is 5.32 Å². The molecule has 0 fully saturated rings. The fraction of sp³-hybridized carbons (Fsp3) is 0.0714. The molecule has 0 saturated carbocycles. The summed E-state index contributed by atoms with van der Waals surface area (Å²) in [6.45, 7) is 0. The number of nitro groups is 1. The predicted molar refractivity (Wildman–Crippen MR) is 79.3 cm³/mol. The minimum Gasteiger partial charge on any atom is -0.355 e. The molecule has 0 aromatic heterocycles. The average molecular weight is 285 g/mol. The smallest absolute Gasteiger partial charge is 0.287 e. The van der Waals surface area contributed by atoms with Crippen LogP contribution in [0.15, 0.2) is 47.4 Å². The van der Waals surface area contributed by atoms with Gasteiger partial charge in [-0.15, -0.1) is 11.8 Å². The molecule has 0 aliphatic heterocycles. The number of thioether (sulfide) groups is 1. The number of nitrogens with one attached hydrogen (secondary N) is 1. The highest BCUT2D eigenvalue weighted by Gasteiger charge is 2.13. The van der Waals surface area contributed by atoms with Crippen molar-refractivity contribution in [2.24, 2.45) is 0 Å². The second kappa shape index (κ2) is 6.08. The van der Waals surface area contributed by atoms with E-state index in [4.69, 9.17) is 5.26 Å². The first kappa shape index (κ1) is 13.9. The van der Waals surface area contributed by atoms with Gasteiger partial charge in [-0.25, -0.2) is 0 Å². The molecule has 6 heteroatoms. The summed E-state index contributed by atoms with van der Waals surface area (Å²) in [6.07, 6.45) is 2.00. The first-order chi connectivity index (χ1) is 9.63. The average Bonchev–Trinajstić information content (AvgIpc) is 2.47. The molecule has 0 aliphatic carbocycles. The Morgan fingerprint density at radius 1 is 1.20 bits per heavy atom. The Balaban J connectivity index is 2.25. The van der Waals surface area contributed by atoms with Gasteiger partial charge in [0.15, 0.2) is 0 Å². The van der Waals surface area contributed by atoms with Crippen molar-refractivity contribution in [3.8, 4) is 6.07 Å². The van der Waals surface area contributed by atoms with Crippen LogP contribution in [0.3, 0.4) is 0 Å². The summed E-state index contributed by atoms with van der Waals surface area (Å²) in [6, 6.07) is 14.0. The summed E-state index contributed by atoms with van der Waals surface area (Å²) in [4.78, 5) is 11.3. The number of nitriles is 1. The van der Waals surface area contributed by atoms with Crippen molar-refractivity contribution in [3.63, 3.8) is 0 Å². The van der Waals surface area contributed by atoms with Crippen LogP contribution >= 0.6 is 11.8 Å². The number of rotatable bonds is 4. The van der Waals surface area contributed by atoms with E-state index in [1.807, 2.05) is 36.6 Å². The van der Waals surface area contributed by atoms with Gasteiger partial charge >= 0.3 is 0 Å². The molecule has 100 valence electrons. The lowest BCUT2D eigenvalue weighted by atomic mass is 10.1. The summed E-state index contributed by atoms with van der Waals surface area (Å²) in [5, 5.41) is 22.8. The van der Waals surface area contributed by atoms with E-state index >= 15 is 0 Å². The number of hydrogen-bond donors (Lipinski definition) is 1. The van der Waals surface area contributed by atoms with Crippen LogP contribution in [0.5, 0.6) is 0 Å². The van der Waals surface area contributed by atoms with Crippen LogP contribution in [0.25, 0.3) is 0 Å². The van der Waals surface area contributed by atoms with Crippen LogP contribution in [0, 0.1) is 21.4 Å². The van der Waals surface area contributed by atoms with Crippen molar-refractivity contribution >= 4 is 28.8 Å². The number of hydrogen-bond acceptors (Lipinski definition) is 5. The molecule has 0 amide bonds. The number of nitro benzene ring substituents is 1. The quantitative estimate of drug-likeness (QED) is 0.523. The highest BCUT2D eigenvalue weighted by atomic mass is 32.2. The summed E-state index contributed by atoms with van der Waals surface area (Å²) in [5.41, 5.74) is 1.36. The van der Waals surface area contributed by atoms with E-state index < -0.39 is 4.92 Å². The SMILES string of the molecule is CSc1ccc(Nc2ccc([N+](=O)[O-])c(C#N)c2)cc1. The van der Waals surface area contributed by atoms with Crippen molar-refractivity contribution < 1.29 is 4.92 Å². The molecule has 0 heterocycles. The van der Waals surface area contributed by atoms with Gasteiger partial charge in [0.1, 0.15) is 11.6 Å². The summed E-state index contributed by atoms with van der Waals surface area (Å²) in [7, 11) is 0. The first-order valence-electron chi connectivity index (χ1n) is 5.73. The van der Waals surface area contributed by atoms with Crippen LogP contribution in [0.2, 0.25) is 0 Å². The Hall–Kier alpha value is -2.52. The minimum atomic E-state index is -0.560. The molecule has 20 heavy (non-hydrogen) atoms. The number of benzene rings is 2. The van der Waals surface area contributed by atoms with Gasteiger partial charge in [0.2, 0.25) is 0 Å². The van der Waals surface area contributed by atoms with Gasteiger partial charge in [-0.2, -0.15) is 5.26 Å². The van der Waals surface area contributed by atoms with Gasteiger partial charge in [0, 0.05) is 22.3 Å². The zero-order valence-electron chi connectivity index (χ0n) is 10.7. The van der Waals surface area contributed by atoms with E-state index in [1.54, 1.807) is 17.8 Å². The van der Waals surface area contributed by atoms with Crippen molar-refractivity contribution in [1.29, 1.82) is 5.26 Å². The summed E-state index contributed by atoms with van der Waals surface area (Å²) in [5.74, 6) is 0. The normalized spacial score (nSPS) is 9.80. The zero-order valence-corrected chi connectivity index (χ0v) is 11.5. The molecule has 2 aromatic carbocycles. The highest BCUT2D eigenvalue weighted by molar-refractivity contribution is 7.98. The Bertz CT molecular complexity index is 678. The second-order valence-electron chi connectivity index (χ2n) is 3.95. The molecule has 0 unspecified atom stereocenters. The fourth-order valence-corrected chi connectivity index (χ4v) is 2.11. The molecule has 2 rings (SSSR count). The minimum absolute atomic E-state index is 0.0423. The molecular formula is C14H11N3O2S. The van der Waals surface area contributed by atoms with Gasteiger partial charge in [-0.05, 0) is 42.7 Å². The summed E-state index contributed by atoms with van der Waals surface area (Å²) < 4.78 is 0. The molecule has 0 spiro atoms. The van der Waals surface area contributed by atoms with E-state index in [9.17, 15) is 10.1 Å². The molecular weight excluding hydrogens is 274 g/mol. The van der Waals surface area contributed by atoms with Crippen LogP contribution in [0.1, 0.15) is 5.56 Å². The molecule has 0 bridgehead atoms. The molecule has 5 nitrogen and oxygen atoms in total. The Labute approximate surface area is 120 Å². The van der Waals surface area contributed by atoms with Crippen molar-refractivity contribution in [2.75, 3.05) is 11.6 Å². The Kier molecular flexibility index (Phi) is 4.23. The lowest BCUT2D eigenvalue weighted by Crippen LogP contribution is -1.95. The number of anilines is 2. The molecule has 0 radical (unpaired) electrons. The van der Waals surface area contributed by atoms with E-state index in [2.05, 4.69) is 5.32 Å². The van der Waals surface area contributed by atoms with E-state index in [1.165, 1.54) is 12.1 Å². The lowest BCUT2D eigenvalue weighted by Gasteiger charge is -2.07. The van der Waals surface area contributed by atoms with E-state index in [0.29, 0.717) is 5.69 Å². The third-order valence-corrected chi connectivity index (χ3v) is 3.44. The highest BCUT2D eigenvalue weighted by Crippen LogP contribution is 2.25. The molecule has 2 aromatic rings. The Morgan fingerprint density at radius 3 is 2.40 bits per heavy atom. The molecule has 0 saturated heterocycles. The van der Waals surface area contributed by atoms with Crippen LogP contribution in [-0.2, 0) is 0 Å². The lowest BCUT2D eigenvalue weighted by molar-refractivity contribution is -0.385. The molecule has 1 N–H and O–H groups in total. The maximum atomic E-state index is 10.8. The van der Waals surface area contributed by atoms with Gasteiger partial charge in [0.25, 0.3) is 5.69 Å². The second-order valence-corrected chi connectivity index (χ2v) is 4.83. The largest absolute Gasteiger partial charge is 0.355 e. The van der Waals surface area contributed by atoms with Crippen LogP contribution in [0.4, 0.5) is 17.1 Å². The molecule has 0 aliphatic rings. The van der Waals surface area contributed by atoms with Crippen molar-refractivity contribution in [1.82, 2.24) is 0 Å². The monoisotopic (exact) mass is 285 g/mol. The van der Waals surface area contributed by atoms with Crippen molar-refractivity contribution in [2.45, 2.75) is 4.90 Å². The molecule has 0 atom stereocenters. The van der Waals surface area contributed by atoms with E-state index in [0.717, 1.165) is 10.6 Å². The van der Waals surface area contributed by atoms with Gasteiger partial charge in [-0.1, -0.05) is 0 Å². The maximum Gasteiger partial charge on any atom is 0.287 e. The van der Waals surface area contributed by atoms with Crippen molar-refractivity contribution in [3.05, 3.63) is 58.1 Å². The first-order valence-corrected chi connectivity index (χ1v) is 6.96. The van der Waals surface area contributed by atoms with Gasteiger partial charge < -0.3 is 5.32 Å². The third-order valence-electron chi connectivity index (χ3n) is 2.69. The van der Waals surface area contributed by atoms with E-state index in [-0.39, 0.29) is 11.3 Å². The topological polar surface area (TPSA) is 79.0 Å². The Morgan fingerprint density at radius 2 is 1.85 bits per heavy atom. The zero-order chi connectivity index (χ0) is 14.5. The number of nitrogens with zero attached hydrogens (tertiary/aromatic N) is 2. The van der Waals surface area contributed by atoms with Gasteiger partial charge in [-0.3, -0.25) is 10.1 Å². The maximum absolute atomic E-state index is 10.8. The standard InChI is InChI=1S/C14H11N3O2S/c1-20-13-5-2-11(3-6-13)16-12-4-7-14(17(18)19)10(8-12)9-15/h2-8,16H,1H3. The third kappa shape index (κ3) is 3.08. The van der Waals surface area contributed by atoms with Gasteiger partial charge in [0.05, 0.1) is 4.92 Å². The van der Waals surface area contributed by atoms with Crippen LogP contribution in [-0.4, -0.2) is 11.2 Å². The predicted octanol–water partition coefficient (Wildman–Crippen LogP) is 3.93. The fourth-order valence-electron chi connectivity index (χ4n) is 1.70. The summed E-state index contributed by atoms with van der Waals surface area (Å²) >= 11 is 1.65.